The average molecular weight is 598 g/mol. The average Bonchev–Trinajstić information content (AvgIpc) is 3.54. The molecule has 0 radical (unpaired) electrons. The zero-order valence-corrected chi connectivity index (χ0v) is 23.6. The lowest BCUT2D eigenvalue weighted by Crippen LogP contribution is -2.36. The number of rotatable bonds is 10. The molecule has 40 heavy (non-hydrogen) atoms. The first kappa shape index (κ1) is 28.9. The van der Waals surface area contributed by atoms with Crippen LogP contribution in [0.1, 0.15) is 43.7 Å². The van der Waals surface area contributed by atoms with Crippen LogP contribution in [0.4, 0.5) is 5.82 Å². The third kappa shape index (κ3) is 6.15. The van der Waals surface area contributed by atoms with Crippen LogP contribution in [0.15, 0.2) is 30.5 Å². The summed E-state index contributed by atoms with van der Waals surface area (Å²) in [6.45, 7) is 4.29. The van der Waals surface area contributed by atoms with E-state index in [9.17, 15) is 23.2 Å². The maximum absolute atomic E-state index is 12.3. The van der Waals surface area contributed by atoms with Crippen molar-refractivity contribution in [2.45, 2.75) is 57.3 Å². The van der Waals surface area contributed by atoms with Crippen molar-refractivity contribution in [2.24, 2.45) is 5.92 Å². The van der Waals surface area contributed by atoms with Gasteiger partial charge in [-0.25, -0.2) is 13.1 Å². The van der Waals surface area contributed by atoms with Crippen LogP contribution in [0, 0.1) is 5.92 Å². The molecule has 5 rings (SSSR count). The molecular formula is C24H32N5O9PS. The lowest BCUT2D eigenvalue weighted by Gasteiger charge is -2.18. The highest BCUT2D eigenvalue weighted by atomic mass is 32.2. The monoisotopic (exact) mass is 597 g/mol. The van der Waals surface area contributed by atoms with Crippen LogP contribution in [-0.4, -0.2) is 84.3 Å². The van der Waals surface area contributed by atoms with Crippen LogP contribution < -0.4 is 10.1 Å². The van der Waals surface area contributed by atoms with Crippen molar-refractivity contribution in [3.05, 3.63) is 41.6 Å². The van der Waals surface area contributed by atoms with E-state index >= 15 is 0 Å². The van der Waals surface area contributed by atoms with Crippen LogP contribution in [0.25, 0.3) is 11.0 Å². The van der Waals surface area contributed by atoms with Gasteiger partial charge in [0.15, 0.2) is 27.2 Å². The first-order valence-electron chi connectivity index (χ1n) is 12.8. The van der Waals surface area contributed by atoms with Crippen molar-refractivity contribution in [3.8, 4) is 6.01 Å². The molecule has 3 heterocycles. The topological polar surface area (TPSA) is 206 Å². The third-order valence-corrected chi connectivity index (χ3v) is 10.5. The fourth-order valence-corrected chi connectivity index (χ4v) is 8.26. The molecule has 16 heteroatoms. The Bertz CT molecular complexity index is 1540. The van der Waals surface area contributed by atoms with Gasteiger partial charge in [-0.15, -0.1) is 0 Å². The van der Waals surface area contributed by atoms with Crippen LogP contribution in [0.2, 0.25) is 0 Å². The lowest BCUT2D eigenvalue weighted by atomic mass is 10.1. The zero-order valence-electron chi connectivity index (χ0n) is 21.9. The van der Waals surface area contributed by atoms with Gasteiger partial charge in [0, 0.05) is 0 Å². The Morgan fingerprint density at radius 1 is 1.20 bits per heavy atom. The minimum atomic E-state index is -4.88. The Balaban J connectivity index is 1.47. The normalized spacial score (nSPS) is 25.0. The number of fused-ring (bicyclic) bond motifs is 2. The van der Waals surface area contributed by atoms with Gasteiger partial charge in [-0.2, -0.15) is 15.1 Å². The third-order valence-electron chi connectivity index (χ3n) is 6.78. The molecular weight excluding hydrogens is 565 g/mol. The molecule has 5 atom stereocenters. The number of benzene rings is 1. The Hall–Kier alpha value is -2.65. The van der Waals surface area contributed by atoms with Crippen molar-refractivity contribution in [1.82, 2.24) is 19.7 Å². The minimum absolute atomic E-state index is 0.0191. The summed E-state index contributed by atoms with van der Waals surface area (Å²) in [5, 5.41) is 29.6. The van der Waals surface area contributed by atoms with Gasteiger partial charge in [0.25, 0.3) is 0 Å². The molecule has 5 N–H and O–H groups in total. The van der Waals surface area contributed by atoms with E-state index in [0.717, 1.165) is 18.4 Å². The Labute approximate surface area is 230 Å². The highest BCUT2D eigenvalue weighted by Gasteiger charge is 2.47. The lowest BCUT2D eigenvalue weighted by molar-refractivity contribution is -0.0365. The molecule has 3 aromatic rings. The molecule has 0 spiro atoms. The summed E-state index contributed by atoms with van der Waals surface area (Å²) in [7, 11) is -9.20. The number of nitrogens with one attached hydrogen (secondary N) is 1. The van der Waals surface area contributed by atoms with E-state index in [0.29, 0.717) is 17.8 Å². The summed E-state index contributed by atoms with van der Waals surface area (Å²) in [4.78, 5) is 27.2. The second kappa shape index (κ2) is 11.0. The Kier molecular flexibility index (Phi) is 7.92. The van der Waals surface area contributed by atoms with Gasteiger partial charge in [0.1, 0.15) is 24.1 Å². The number of aliphatic hydroxyl groups is 2. The highest BCUT2D eigenvalue weighted by molar-refractivity contribution is 7.97. The van der Waals surface area contributed by atoms with E-state index in [4.69, 9.17) is 19.3 Å². The predicted molar refractivity (Wildman–Crippen MR) is 143 cm³/mol. The molecule has 1 aromatic carbocycles. The molecule has 2 aromatic heterocycles. The number of aryl methyl sites for hydroxylation is 1. The zero-order chi connectivity index (χ0) is 28.8. The minimum Gasteiger partial charge on any atom is -0.463 e. The second-order valence-corrected chi connectivity index (χ2v) is 14.8. The highest BCUT2D eigenvalue weighted by Crippen LogP contribution is 2.39. The number of nitrogens with zero attached hydrogens (tertiary/aromatic N) is 4. The Morgan fingerprint density at radius 2 is 1.95 bits per heavy atom. The molecule has 2 aliphatic rings. The van der Waals surface area contributed by atoms with Crippen molar-refractivity contribution >= 4 is 34.3 Å². The van der Waals surface area contributed by atoms with Crippen LogP contribution in [0.5, 0.6) is 6.01 Å². The standard InChI is InChI=1S/C24H32N5O9PS/c1-13(2)10-37-24-27-21(26-17-8-7-14-5-3-4-6-15(14)17)16-9-25-29(22(16)28-24)23-20(31)19(30)18(38-23)11-40(35,36)12-39(32,33)34/h3-6,9,13,17-20,23,30-31H,7-8,10-12H2,1-2H3,(H,26,27,28)(H2,32,33,34)/t17-,18-,19-,20-,23-/m1/s1. The summed E-state index contributed by atoms with van der Waals surface area (Å²) >= 11 is 0. The number of sulfone groups is 1. The largest absolute Gasteiger partial charge is 0.463 e. The van der Waals surface area contributed by atoms with Gasteiger partial charge in [0.2, 0.25) is 0 Å². The molecule has 1 aliphatic heterocycles. The predicted octanol–water partition coefficient (Wildman–Crippen LogP) is 1.13. The maximum Gasteiger partial charge on any atom is 0.340 e. The molecule has 1 saturated heterocycles. The van der Waals surface area contributed by atoms with E-state index in [1.54, 1.807) is 0 Å². The van der Waals surface area contributed by atoms with E-state index in [-0.39, 0.29) is 23.6 Å². The number of hydrogen-bond donors (Lipinski definition) is 5. The van der Waals surface area contributed by atoms with Crippen molar-refractivity contribution < 1.29 is 42.5 Å². The maximum atomic E-state index is 12.3. The number of aliphatic hydroxyl groups excluding tert-OH is 2. The van der Waals surface area contributed by atoms with E-state index < -0.39 is 53.2 Å². The Morgan fingerprint density at radius 3 is 2.67 bits per heavy atom. The van der Waals surface area contributed by atoms with Gasteiger partial charge >= 0.3 is 13.6 Å². The molecule has 0 bridgehead atoms. The number of anilines is 1. The number of ether oxygens (including phenoxy) is 2. The first-order chi connectivity index (χ1) is 18.8. The molecule has 218 valence electrons. The summed E-state index contributed by atoms with van der Waals surface area (Å²) in [5.41, 5.74) is 1.22. The fourth-order valence-electron chi connectivity index (χ4n) is 5.01. The van der Waals surface area contributed by atoms with Crippen LogP contribution in [-0.2, 0) is 25.6 Å². The quantitative estimate of drug-likeness (QED) is 0.208. The summed E-state index contributed by atoms with van der Waals surface area (Å²) in [5.74, 6) is -0.267. The first-order valence-corrected chi connectivity index (χ1v) is 16.4. The SMILES string of the molecule is CC(C)COc1nc(N[C@@H]2CCc3ccccc32)c2cnn([C@@H]3O[C@H](CS(=O)(=O)CP(=O)(O)O)[C@@H](O)[C@H]3O)c2n1. The van der Waals surface area contributed by atoms with E-state index in [1.165, 1.54) is 16.4 Å². The molecule has 14 nitrogen and oxygen atoms in total. The second-order valence-electron chi connectivity index (χ2n) is 10.6. The number of hydrogen-bond acceptors (Lipinski definition) is 11. The summed E-state index contributed by atoms with van der Waals surface area (Å²) < 4.78 is 48.5. The van der Waals surface area contributed by atoms with E-state index in [1.807, 2.05) is 26.0 Å². The van der Waals surface area contributed by atoms with Crippen molar-refractivity contribution in [3.63, 3.8) is 0 Å². The van der Waals surface area contributed by atoms with Gasteiger partial charge < -0.3 is 34.8 Å². The summed E-state index contributed by atoms with van der Waals surface area (Å²) in [6.07, 6.45) is -2.83. The van der Waals surface area contributed by atoms with Crippen molar-refractivity contribution in [2.75, 3.05) is 23.2 Å². The molecule has 0 saturated carbocycles. The molecule has 1 fully saturated rings. The van der Waals surface area contributed by atoms with Gasteiger partial charge in [-0.3, -0.25) is 4.57 Å². The molecule has 0 unspecified atom stereocenters. The van der Waals surface area contributed by atoms with Gasteiger partial charge in [-0.05, 0) is 29.9 Å². The van der Waals surface area contributed by atoms with E-state index in [2.05, 4.69) is 32.5 Å². The van der Waals surface area contributed by atoms with Gasteiger partial charge in [-0.1, -0.05) is 38.1 Å². The van der Waals surface area contributed by atoms with Crippen LogP contribution in [0.3, 0.4) is 0 Å². The smallest absolute Gasteiger partial charge is 0.340 e. The van der Waals surface area contributed by atoms with Gasteiger partial charge in [0.05, 0.1) is 30.0 Å². The fraction of sp³-hybridized carbons (Fsp3) is 0.542. The molecule has 0 amide bonds. The molecule has 1 aliphatic carbocycles. The summed E-state index contributed by atoms with van der Waals surface area (Å²) in [6, 6.07) is 8.16. The van der Waals surface area contributed by atoms with Crippen molar-refractivity contribution in [1.29, 1.82) is 0 Å². The number of aromatic nitrogens is 4. The van der Waals surface area contributed by atoms with Crippen LogP contribution >= 0.6 is 7.60 Å².